The molecule has 0 radical (unpaired) electrons. The lowest BCUT2D eigenvalue weighted by atomic mass is 9.80. The van der Waals surface area contributed by atoms with Crippen molar-refractivity contribution in [3.8, 4) is 0 Å². The number of rotatable bonds is 4. The minimum absolute atomic E-state index is 0.515. The van der Waals surface area contributed by atoms with E-state index in [0.717, 1.165) is 19.5 Å². The van der Waals surface area contributed by atoms with Crippen LogP contribution in [0.15, 0.2) is 11.5 Å². The Balaban J connectivity index is 2.45. The Morgan fingerprint density at radius 3 is 2.53 bits per heavy atom. The van der Waals surface area contributed by atoms with E-state index in [4.69, 9.17) is 4.65 Å². The molecular weight excluding hydrogens is 189 g/mol. The molecule has 3 nitrogen and oxygen atoms in total. The zero-order valence-electron chi connectivity index (χ0n) is 10.3. The first-order valence-corrected chi connectivity index (χ1v) is 5.58. The fourth-order valence-corrected chi connectivity index (χ4v) is 1.25. The average Bonchev–Trinajstić information content (AvgIpc) is 2.15. The number of hydrogen-bond donors (Lipinski definition) is 2. The van der Waals surface area contributed by atoms with Gasteiger partial charge in [0.15, 0.2) is 0 Å². The molecule has 0 saturated heterocycles. The monoisotopic (exact) mass is 211 g/mol. The van der Waals surface area contributed by atoms with E-state index >= 15 is 0 Å². The highest BCUT2D eigenvalue weighted by molar-refractivity contribution is 6.38. The van der Waals surface area contributed by atoms with Gasteiger partial charge in [-0.15, -0.1) is 0 Å². The summed E-state index contributed by atoms with van der Waals surface area (Å²) in [6.45, 7) is 9.37. The number of hydrogen-bond acceptors (Lipinski definition) is 3. The largest absolute Gasteiger partial charge is 0.427 e. The molecule has 0 amide bonds. The van der Waals surface area contributed by atoms with Crippen LogP contribution in [0.2, 0.25) is 0 Å². The third-order valence-corrected chi connectivity index (χ3v) is 3.25. The SMILES string of the molecule is CC(C)(O)C(C)(C)OBC1=CCNCC1. The number of nitrogens with one attached hydrogen (secondary N) is 1. The zero-order chi connectivity index (χ0) is 11.5. The van der Waals surface area contributed by atoms with E-state index in [-0.39, 0.29) is 0 Å². The smallest absolute Gasteiger partial charge is 0.305 e. The highest BCUT2D eigenvalue weighted by Gasteiger charge is 2.35. The minimum Gasteiger partial charge on any atom is -0.427 e. The molecule has 0 aromatic rings. The van der Waals surface area contributed by atoms with Gasteiger partial charge in [-0.25, -0.2) is 0 Å². The average molecular weight is 211 g/mol. The van der Waals surface area contributed by atoms with E-state index in [1.165, 1.54) is 5.47 Å². The van der Waals surface area contributed by atoms with Crippen molar-refractivity contribution in [3.05, 3.63) is 11.5 Å². The molecule has 1 rings (SSSR count). The second-order valence-corrected chi connectivity index (χ2v) is 5.17. The van der Waals surface area contributed by atoms with E-state index in [9.17, 15) is 5.11 Å². The molecule has 0 bridgehead atoms. The minimum atomic E-state index is -0.819. The van der Waals surface area contributed by atoms with Crippen LogP contribution in [0.3, 0.4) is 0 Å². The van der Waals surface area contributed by atoms with Crippen molar-refractivity contribution >= 4 is 7.48 Å². The summed E-state index contributed by atoms with van der Waals surface area (Å²) >= 11 is 0. The van der Waals surface area contributed by atoms with Crippen molar-refractivity contribution in [2.24, 2.45) is 0 Å². The summed E-state index contributed by atoms with van der Waals surface area (Å²) in [5, 5.41) is 13.2. The molecule has 1 heterocycles. The third kappa shape index (κ3) is 3.63. The fourth-order valence-electron chi connectivity index (χ4n) is 1.25. The Morgan fingerprint density at radius 1 is 1.40 bits per heavy atom. The second kappa shape index (κ2) is 4.68. The second-order valence-electron chi connectivity index (χ2n) is 5.17. The van der Waals surface area contributed by atoms with Gasteiger partial charge in [0.05, 0.1) is 11.2 Å². The topological polar surface area (TPSA) is 41.5 Å². The van der Waals surface area contributed by atoms with Crippen LogP contribution in [0.25, 0.3) is 0 Å². The van der Waals surface area contributed by atoms with Gasteiger partial charge in [0.25, 0.3) is 0 Å². The molecule has 0 atom stereocenters. The van der Waals surface area contributed by atoms with Gasteiger partial charge in [0.1, 0.15) is 0 Å². The van der Waals surface area contributed by atoms with Gasteiger partial charge in [-0.1, -0.05) is 11.5 Å². The molecule has 4 heteroatoms. The predicted molar refractivity (Wildman–Crippen MR) is 64.2 cm³/mol. The lowest BCUT2D eigenvalue weighted by molar-refractivity contribution is -0.0897. The van der Waals surface area contributed by atoms with E-state index in [1.54, 1.807) is 13.8 Å². The summed E-state index contributed by atoms with van der Waals surface area (Å²) in [5.41, 5.74) is -0.00906. The van der Waals surface area contributed by atoms with Crippen molar-refractivity contribution in [1.29, 1.82) is 0 Å². The molecule has 0 saturated carbocycles. The van der Waals surface area contributed by atoms with E-state index < -0.39 is 11.2 Å². The van der Waals surface area contributed by atoms with Crippen LogP contribution in [-0.4, -0.2) is 36.9 Å². The van der Waals surface area contributed by atoms with Crippen molar-refractivity contribution in [2.45, 2.75) is 45.3 Å². The lowest BCUT2D eigenvalue weighted by Gasteiger charge is -2.38. The van der Waals surface area contributed by atoms with Gasteiger partial charge in [-0.05, 0) is 40.7 Å². The maximum atomic E-state index is 9.92. The van der Waals surface area contributed by atoms with Gasteiger partial charge >= 0.3 is 7.48 Å². The van der Waals surface area contributed by atoms with Crippen LogP contribution in [0.1, 0.15) is 34.1 Å². The molecule has 15 heavy (non-hydrogen) atoms. The van der Waals surface area contributed by atoms with Gasteiger partial charge in [-0.3, -0.25) is 0 Å². The predicted octanol–water partition coefficient (Wildman–Crippen LogP) is 0.781. The molecule has 0 unspecified atom stereocenters. The summed E-state index contributed by atoms with van der Waals surface area (Å²) in [6.07, 6.45) is 3.21. The van der Waals surface area contributed by atoms with Gasteiger partial charge in [-0.2, -0.15) is 0 Å². The van der Waals surface area contributed by atoms with Gasteiger partial charge in [0.2, 0.25) is 0 Å². The van der Waals surface area contributed by atoms with Gasteiger partial charge < -0.3 is 15.1 Å². The Bertz CT molecular complexity index is 243. The van der Waals surface area contributed by atoms with E-state index in [0.29, 0.717) is 7.48 Å². The van der Waals surface area contributed by atoms with Crippen LogP contribution in [0.5, 0.6) is 0 Å². The quantitative estimate of drug-likeness (QED) is 0.675. The maximum absolute atomic E-state index is 9.92. The molecule has 0 aromatic carbocycles. The van der Waals surface area contributed by atoms with E-state index in [2.05, 4.69) is 11.4 Å². The summed E-state index contributed by atoms with van der Waals surface area (Å²) < 4.78 is 5.79. The molecule has 1 aliphatic heterocycles. The number of aliphatic hydroxyl groups is 1. The Labute approximate surface area is 93.2 Å². The van der Waals surface area contributed by atoms with Crippen LogP contribution in [0.4, 0.5) is 0 Å². The fraction of sp³-hybridized carbons (Fsp3) is 0.818. The van der Waals surface area contributed by atoms with Crippen molar-refractivity contribution in [3.63, 3.8) is 0 Å². The van der Waals surface area contributed by atoms with Crippen LogP contribution in [0, 0.1) is 0 Å². The molecule has 1 aliphatic rings. The van der Waals surface area contributed by atoms with Crippen molar-refractivity contribution in [2.75, 3.05) is 13.1 Å². The Hall–Kier alpha value is -0.315. The van der Waals surface area contributed by atoms with Crippen LogP contribution >= 0.6 is 0 Å². The third-order valence-electron chi connectivity index (χ3n) is 3.25. The Kier molecular flexibility index (Phi) is 3.98. The highest BCUT2D eigenvalue weighted by atomic mass is 16.5. The molecule has 0 spiro atoms. The molecule has 2 N–H and O–H groups in total. The summed E-state index contributed by atoms with van der Waals surface area (Å²) in [4.78, 5) is 0. The molecule has 0 aromatic heterocycles. The Morgan fingerprint density at radius 2 is 2.07 bits per heavy atom. The van der Waals surface area contributed by atoms with E-state index in [1.807, 2.05) is 13.8 Å². The van der Waals surface area contributed by atoms with Crippen molar-refractivity contribution in [1.82, 2.24) is 5.32 Å². The molecular formula is C11H22BNO2. The molecule has 0 fully saturated rings. The summed E-state index contributed by atoms with van der Waals surface area (Å²) in [6, 6.07) is 0. The first-order chi connectivity index (χ1) is 6.83. The first-order valence-electron chi connectivity index (χ1n) is 5.58. The first kappa shape index (κ1) is 12.8. The molecule has 86 valence electrons. The standard InChI is InChI=1S/C11H22BNO2/c1-10(2,14)11(3,4)15-12-9-5-7-13-8-6-9/h5,12-14H,6-8H2,1-4H3. The zero-order valence-corrected chi connectivity index (χ0v) is 10.3. The highest BCUT2D eigenvalue weighted by Crippen LogP contribution is 2.25. The normalized spacial score (nSPS) is 18.6. The van der Waals surface area contributed by atoms with Gasteiger partial charge in [0, 0.05) is 6.54 Å². The van der Waals surface area contributed by atoms with Crippen molar-refractivity contribution < 1.29 is 9.76 Å². The summed E-state index contributed by atoms with van der Waals surface area (Å²) in [5.74, 6) is 0. The summed E-state index contributed by atoms with van der Waals surface area (Å²) in [7, 11) is 0.624. The van der Waals surface area contributed by atoms with Crippen LogP contribution in [-0.2, 0) is 4.65 Å². The molecule has 0 aliphatic carbocycles. The maximum Gasteiger partial charge on any atom is 0.305 e. The van der Waals surface area contributed by atoms with Crippen LogP contribution < -0.4 is 5.32 Å². The lowest BCUT2D eigenvalue weighted by Crippen LogP contribution is -2.48.